The number of amides is 1. The Hall–Kier alpha value is -1.81. The second-order valence-electron chi connectivity index (χ2n) is 5.20. The van der Waals surface area contributed by atoms with Crippen molar-refractivity contribution in [3.8, 4) is 5.75 Å². The van der Waals surface area contributed by atoms with Gasteiger partial charge in [-0.1, -0.05) is 46.3 Å². The molecule has 108 valence electrons. The summed E-state index contributed by atoms with van der Waals surface area (Å²) in [4.78, 5) is 12.3. The number of para-hydroxylation sites is 1. The van der Waals surface area contributed by atoms with Crippen molar-refractivity contribution in [3.05, 3.63) is 64.1 Å². The van der Waals surface area contributed by atoms with E-state index in [1.54, 1.807) is 0 Å². The summed E-state index contributed by atoms with van der Waals surface area (Å²) in [6.07, 6.45) is 0.204. The van der Waals surface area contributed by atoms with Crippen molar-refractivity contribution in [2.24, 2.45) is 0 Å². The molecule has 1 heterocycles. The number of hydrogen-bond donors (Lipinski definition) is 1. The third kappa shape index (κ3) is 3.10. The van der Waals surface area contributed by atoms with E-state index in [1.165, 1.54) is 0 Å². The van der Waals surface area contributed by atoms with Crippen LogP contribution in [0, 0.1) is 0 Å². The van der Waals surface area contributed by atoms with Crippen molar-refractivity contribution in [2.45, 2.75) is 25.5 Å². The van der Waals surface area contributed by atoms with E-state index in [9.17, 15) is 4.79 Å². The summed E-state index contributed by atoms with van der Waals surface area (Å²) in [5.41, 5.74) is 2.16. The molecule has 2 atom stereocenters. The summed E-state index contributed by atoms with van der Waals surface area (Å²) < 4.78 is 6.73. The van der Waals surface area contributed by atoms with Crippen LogP contribution in [0.4, 0.5) is 0 Å². The molecule has 4 heteroatoms. The predicted molar refractivity (Wildman–Crippen MR) is 85.3 cm³/mol. The molecule has 0 aromatic heterocycles. The van der Waals surface area contributed by atoms with Crippen LogP contribution in [0.25, 0.3) is 0 Å². The number of nitrogens with one attached hydrogen (secondary N) is 1. The fourth-order valence-corrected chi connectivity index (χ4v) is 2.73. The second kappa shape index (κ2) is 5.90. The molecule has 3 rings (SSSR count). The van der Waals surface area contributed by atoms with E-state index >= 15 is 0 Å². The van der Waals surface area contributed by atoms with Gasteiger partial charge in [-0.15, -0.1) is 0 Å². The van der Waals surface area contributed by atoms with E-state index in [0.717, 1.165) is 21.3 Å². The van der Waals surface area contributed by atoms with Gasteiger partial charge in [-0.25, -0.2) is 0 Å². The molecule has 0 spiro atoms. The molecule has 2 aromatic carbocycles. The van der Waals surface area contributed by atoms with Gasteiger partial charge in [0.25, 0.3) is 5.91 Å². The number of carbonyl (C=O) groups excluding carboxylic acids is 1. The number of carbonyl (C=O) groups is 1. The van der Waals surface area contributed by atoms with E-state index in [0.29, 0.717) is 6.42 Å². The molecule has 0 fully saturated rings. The summed E-state index contributed by atoms with van der Waals surface area (Å²) in [7, 11) is 0. The molecule has 2 unspecified atom stereocenters. The lowest BCUT2D eigenvalue weighted by molar-refractivity contribution is -0.127. The Balaban J connectivity index is 1.64. The largest absolute Gasteiger partial charge is 0.480 e. The first kappa shape index (κ1) is 14.1. The molecule has 21 heavy (non-hydrogen) atoms. The van der Waals surface area contributed by atoms with Gasteiger partial charge >= 0.3 is 0 Å². The van der Waals surface area contributed by atoms with Crippen LogP contribution in [-0.2, 0) is 11.2 Å². The van der Waals surface area contributed by atoms with Gasteiger partial charge in [0, 0.05) is 10.9 Å². The minimum Gasteiger partial charge on any atom is -0.480 e. The van der Waals surface area contributed by atoms with E-state index in [1.807, 2.05) is 55.5 Å². The first-order chi connectivity index (χ1) is 10.1. The number of rotatable bonds is 3. The van der Waals surface area contributed by atoms with E-state index < -0.39 is 6.10 Å². The molecule has 3 nitrogen and oxygen atoms in total. The maximum Gasteiger partial charge on any atom is 0.261 e. The van der Waals surface area contributed by atoms with Gasteiger partial charge in [0.15, 0.2) is 6.10 Å². The molecule has 1 aliphatic heterocycles. The smallest absolute Gasteiger partial charge is 0.261 e. The lowest BCUT2D eigenvalue weighted by atomic mass is 10.1. The fourth-order valence-electron chi connectivity index (χ4n) is 2.47. The highest BCUT2D eigenvalue weighted by atomic mass is 79.9. The van der Waals surface area contributed by atoms with Crippen molar-refractivity contribution in [3.63, 3.8) is 0 Å². The highest BCUT2D eigenvalue weighted by Crippen LogP contribution is 2.28. The van der Waals surface area contributed by atoms with E-state index in [2.05, 4.69) is 21.2 Å². The monoisotopic (exact) mass is 345 g/mol. The Morgan fingerprint density at radius 3 is 2.67 bits per heavy atom. The van der Waals surface area contributed by atoms with Gasteiger partial charge < -0.3 is 10.1 Å². The number of halogens is 1. The van der Waals surface area contributed by atoms with Crippen LogP contribution in [0.5, 0.6) is 5.75 Å². The molecule has 1 N–H and O–H groups in total. The van der Waals surface area contributed by atoms with Crippen LogP contribution in [0.15, 0.2) is 53.0 Å². The number of ether oxygens (including phenoxy) is 1. The molecule has 1 amide bonds. The SMILES string of the molecule is CC(NC(=O)C1Cc2ccccc2O1)c1ccc(Br)cc1. The third-order valence-corrected chi connectivity index (χ3v) is 4.20. The molecule has 0 saturated heterocycles. The summed E-state index contributed by atoms with van der Waals surface area (Å²) in [6, 6.07) is 15.7. The van der Waals surface area contributed by atoms with Crippen molar-refractivity contribution < 1.29 is 9.53 Å². The molecular formula is C17H16BrNO2. The summed E-state index contributed by atoms with van der Waals surface area (Å²) in [5.74, 6) is 0.746. The minimum atomic E-state index is -0.430. The van der Waals surface area contributed by atoms with Gasteiger partial charge in [0.05, 0.1) is 6.04 Å². The average Bonchev–Trinajstić information content (AvgIpc) is 2.92. The lowest BCUT2D eigenvalue weighted by Gasteiger charge is -2.17. The first-order valence-electron chi connectivity index (χ1n) is 6.94. The van der Waals surface area contributed by atoms with Gasteiger partial charge in [0.2, 0.25) is 0 Å². The van der Waals surface area contributed by atoms with E-state index in [-0.39, 0.29) is 11.9 Å². The van der Waals surface area contributed by atoms with Crippen molar-refractivity contribution >= 4 is 21.8 Å². The van der Waals surface area contributed by atoms with Crippen LogP contribution in [0.1, 0.15) is 24.1 Å². The van der Waals surface area contributed by atoms with E-state index in [4.69, 9.17) is 4.74 Å². The number of fused-ring (bicyclic) bond motifs is 1. The summed E-state index contributed by atoms with van der Waals surface area (Å²) in [5, 5.41) is 3.01. The van der Waals surface area contributed by atoms with Gasteiger partial charge in [-0.2, -0.15) is 0 Å². The Kier molecular flexibility index (Phi) is 3.97. The quantitative estimate of drug-likeness (QED) is 0.922. The highest BCUT2D eigenvalue weighted by Gasteiger charge is 2.29. The zero-order valence-electron chi connectivity index (χ0n) is 11.7. The Labute approximate surface area is 132 Å². The Bertz CT molecular complexity index is 629. The van der Waals surface area contributed by atoms with Crippen LogP contribution >= 0.6 is 15.9 Å². The standard InChI is InChI=1S/C17H16BrNO2/c1-11(12-6-8-14(18)9-7-12)19-17(20)16-10-13-4-2-3-5-15(13)21-16/h2-9,11,16H,10H2,1H3,(H,19,20). The number of hydrogen-bond acceptors (Lipinski definition) is 2. The average molecular weight is 346 g/mol. The lowest BCUT2D eigenvalue weighted by Crippen LogP contribution is -2.38. The van der Waals surface area contributed by atoms with Gasteiger partial charge in [0.1, 0.15) is 5.75 Å². The van der Waals surface area contributed by atoms with Crippen molar-refractivity contribution in [1.29, 1.82) is 0 Å². The van der Waals surface area contributed by atoms with Gasteiger partial charge in [-0.3, -0.25) is 4.79 Å². The zero-order chi connectivity index (χ0) is 14.8. The molecule has 0 aliphatic carbocycles. The predicted octanol–water partition coefficient (Wildman–Crippen LogP) is 3.63. The summed E-state index contributed by atoms with van der Waals surface area (Å²) in [6.45, 7) is 1.98. The normalized spacial score (nSPS) is 17.7. The molecule has 2 aromatic rings. The summed E-state index contributed by atoms with van der Waals surface area (Å²) >= 11 is 3.41. The van der Waals surface area contributed by atoms with Crippen LogP contribution in [0.2, 0.25) is 0 Å². The molecule has 0 bridgehead atoms. The molecule has 0 saturated carbocycles. The molecule has 1 aliphatic rings. The van der Waals surface area contributed by atoms with Gasteiger partial charge in [-0.05, 0) is 36.2 Å². The van der Waals surface area contributed by atoms with Crippen molar-refractivity contribution in [2.75, 3.05) is 0 Å². The van der Waals surface area contributed by atoms with Crippen LogP contribution < -0.4 is 10.1 Å². The zero-order valence-corrected chi connectivity index (χ0v) is 13.3. The third-order valence-electron chi connectivity index (χ3n) is 3.67. The Morgan fingerprint density at radius 1 is 1.24 bits per heavy atom. The minimum absolute atomic E-state index is 0.0436. The number of benzene rings is 2. The topological polar surface area (TPSA) is 38.3 Å². The molecular weight excluding hydrogens is 330 g/mol. The maximum atomic E-state index is 12.3. The molecule has 0 radical (unpaired) electrons. The first-order valence-corrected chi connectivity index (χ1v) is 7.73. The van der Waals surface area contributed by atoms with Crippen LogP contribution in [-0.4, -0.2) is 12.0 Å². The van der Waals surface area contributed by atoms with Crippen molar-refractivity contribution in [1.82, 2.24) is 5.32 Å². The van der Waals surface area contributed by atoms with Crippen LogP contribution in [0.3, 0.4) is 0 Å². The fraction of sp³-hybridized carbons (Fsp3) is 0.235. The highest BCUT2D eigenvalue weighted by molar-refractivity contribution is 9.10. The Morgan fingerprint density at radius 2 is 1.95 bits per heavy atom. The maximum absolute atomic E-state index is 12.3. The second-order valence-corrected chi connectivity index (χ2v) is 6.12.